The molecule has 0 aromatic heterocycles. The maximum Gasteiger partial charge on any atom is 0.227 e. The van der Waals surface area contributed by atoms with E-state index in [1.54, 1.807) is 23.6 Å². The molecule has 0 unspecified atom stereocenters. The first-order chi connectivity index (χ1) is 9.61. The van der Waals surface area contributed by atoms with Crippen LogP contribution in [0.2, 0.25) is 0 Å². The minimum atomic E-state index is 0.000474. The number of amides is 2. The van der Waals surface area contributed by atoms with E-state index in [-0.39, 0.29) is 17.7 Å². The molecule has 1 aliphatic rings. The van der Waals surface area contributed by atoms with E-state index in [9.17, 15) is 9.59 Å². The zero-order valence-electron chi connectivity index (χ0n) is 11.9. The molecule has 1 aliphatic heterocycles. The molecule has 1 heterocycles. The number of hydrogen-bond acceptors (Lipinski definition) is 3. The summed E-state index contributed by atoms with van der Waals surface area (Å²) in [5, 5.41) is 3.01. The molecule has 0 radical (unpaired) electrons. The molecule has 5 heteroatoms. The van der Waals surface area contributed by atoms with Crippen molar-refractivity contribution in [1.82, 2.24) is 4.90 Å². The van der Waals surface area contributed by atoms with E-state index in [0.717, 1.165) is 23.4 Å². The van der Waals surface area contributed by atoms with Crippen molar-refractivity contribution in [2.45, 2.75) is 24.7 Å². The van der Waals surface area contributed by atoms with Crippen LogP contribution in [-0.2, 0) is 9.59 Å². The lowest BCUT2D eigenvalue weighted by molar-refractivity contribution is -0.132. The van der Waals surface area contributed by atoms with Crippen LogP contribution in [-0.4, -0.2) is 36.1 Å². The molecule has 1 fully saturated rings. The lowest BCUT2D eigenvalue weighted by Gasteiger charge is -2.30. The Labute approximate surface area is 123 Å². The second-order valence-corrected chi connectivity index (χ2v) is 5.82. The van der Waals surface area contributed by atoms with Crippen LogP contribution >= 0.6 is 11.8 Å². The fraction of sp³-hybridized carbons (Fsp3) is 0.467. The van der Waals surface area contributed by atoms with E-state index in [1.165, 1.54) is 0 Å². The third-order valence-corrected chi connectivity index (χ3v) is 4.47. The first-order valence-corrected chi connectivity index (χ1v) is 8.03. The Hall–Kier alpha value is -1.49. The molecule has 20 heavy (non-hydrogen) atoms. The van der Waals surface area contributed by atoms with Crippen LogP contribution in [0.25, 0.3) is 0 Å². The summed E-state index contributed by atoms with van der Waals surface area (Å²) < 4.78 is 0. The first-order valence-electron chi connectivity index (χ1n) is 6.81. The normalized spacial score (nSPS) is 16.0. The Balaban J connectivity index is 1.94. The fourth-order valence-corrected chi connectivity index (χ4v) is 2.99. The van der Waals surface area contributed by atoms with E-state index in [2.05, 4.69) is 5.32 Å². The summed E-state index contributed by atoms with van der Waals surface area (Å²) in [6.45, 7) is 2.93. The number of para-hydroxylation sites is 1. The molecule has 1 N–H and O–H groups in total. The van der Waals surface area contributed by atoms with Crippen LogP contribution in [0.5, 0.6) is 0 Å². The van der Waals surface area contributed by atoms with E-state index in [4.69, 9.17) is 0 Å². The van der Waals surface area contributed by atoms with Gasteiger partial charge in [-0.3, -0.25) is 9.59 Å². The van der Waals surface area contributed by atoms with Gasteiger partial charge in [0.05, 0.1) is 5.69 Å². The zero-order valence-corrected chi connectivity index (χ0v) is 12.7. The molecule has 1 saturated heterocycles. The van der Waals surface area contributed by atoms with Crippen LogP contribution in [0, 0.1) is 5.92 Å². The summed E-state index contributed by atoms with van der Waals surface area (Å²) in [6, 6.07) is 7.81. The molecule has 0 bridgehead atoms. The van der Waals surface area contributed by atoms with Gasteiger partial charge in [0.15, 0.2) is 0 Å². The topological polar surface area (TPSA) is 49.4 Å². The molecular formula is C15H20N2O2S. The highest BCUT2D eigenvalue weighted by atomic mass is 32.2. The number of hydrogen-bond donors (Lipinski definition) is 1. The van der Waals surface area contributed by atoms with Gasteiger partial charge in [-0.1, -0.05) is 12.1 Å². The highest BCUT2D eigenvalue weighted by molar-refractivity contribution is 7.98. The summed E-state index contributed by atoms with van der Waals surface area (Å²) in [4.78, 5) is 26.4. The molecule has 0 saturated carbocycles. The van der Waals surface area contributed by atoms with Crippen LogP contribution in [0.4, 0.5) is 5.69 Å². The van der Waals surface area contributed by atoms with Gasteiger partial charge in [-0.05, 0) is 31.2 Å². The number of nitrogens with zero attached hydrogens (tertiary/aromatic N) is 1. The summed E-state index contributed by atoms with van der Waals surface area (Å²) >= 11 is 1.62. The van der Waals surface area contributed by atoms with Gasteiger partial charge < -0.3 is 10.2 Å². The van der Waals surface area contributed by atoms with Gasteiger partial charge in [0.25, 0.3) is 0 Å². The average molecular weight is 292 g/mol. The van der Waals surface area contributed by atoms with Crippen molar-refractivity contribution in [2.24, 2.45) is 5.92 Å². The number of likely N-dealkylation sites (tertiary alicyclic amines) is 1. The molecule has 1 aromatic carbocycles. The minimum absolute atomic E-state index is 0.000474. The van der Waals surface area contributed by atoms with Crippen molar-refractivity contribution in [3.8, 4) is 0 Å². The third kappa shape index (κ3) is 3.54. The molecule has 0 atom stereocenters. The lowest BCUT2D eigenvalue weighted by Crippen LogP contribution is -2.40. The summed E-state index contributed by atoms with van der Waals surface area (Å²) in [6.07, 6.45) is 3.48. The highest BCUT2D eigenvalue weighted by Crippen LogP contribution is 2.26. The number of piperidine rings is 1. The van der Waals surface area contributed by atoms with Crippen molar-refractivity contribution >= 4 is 29.3 Å². The Bertz CT molecular complexity index is 496. The van der Waals surface area contributed by atoms with E-state index < -0.39 is 0 Å². The van der Waals surface area contributed by atoms with Crippen LogP contribution in [0.15, 0.2) is 29.2 Å². The van der Waals surface area contributed by atoms with E-state index in [0.29, 0.717) is 13.1 Å². The Morgan fingerprint density at radius 1 is 1.25 bits per heavy atom. The summed E-state index contributed by atoms with van der Waals surface area (Å²) in [7, 11) is 0. The van der Waals surface area contributed by atoms with Gasteiger partial charge in [-0.25, -0.2) is 0 Å². The van der Waals surface area contributed by atoms with Crippen molar-refractivity contribution in [3.63, 3.8) is 0 Å². The lowest BCUT2D eigenvalue weighted by atomic mass is 9.96. The van der Waals surface area contributed by atoms with Gasteiger partial charge in [0.2, 0.25) is 11.8 Å². The van der Waals surface area contributed by atoms with Crippen molar-refractivity contribution in [3.05, 3.63) is 24.3 Å². The predicted molar refractivity (Wildman–Crippen MR) is 81.8 cm³/mol. The van der Waals surface area contributed by atoms with Crippen molar-refractivity contribution < 1.29 is 9.59 Å². The number of anilines is 1. The van der Waals surface area contributed by atoms with Gasteiger partial charge in [-0.2, -0.15) is 0 Å². The summed E-state index contributed by atoms with van der Waals surface area (Å²) in [5.41, 5.74) is 0.874. The average Bonchev–Trinajstić information content (AvgIpc) is 2.48. The number of carbonyl (C=O) groups excluding carboxylic acids is 2. The summed E-state index contributed by atoms with van der Waals surface area (Å²) in [5.74, 6) is 0.159. The van der Waals surface area contributed by atoms with Crippen molar-refractivity contribution in [1.29, 1.82) is 0 Å². The minimum Gasteiger partial charge on any atom is -0.343 e. The second kappa shape index (κ2) is 6.79. The Morgan fingerprint density at radius 2 is 1.90 bits per heavy atom. The Morgan fingerprint density at radius 3 is 2.50 bits per heavy atom. The monoisotopic (exact) mass is 292 g/mol. The number of thioether (sulfide) groups is 1. The first kappa shape index (κ1) is 14.9. The third-order valence-electron chi connectivity index (χ3n) is 3.68. The van der Waals surface area contributed by atoms with Crippen LogP contribution in [0.3, 0.4) is 0 Å². The Kier molecular flexibility index (Phi) is 5.06. The largest absolute Gasteiger partial charge is 0.343 e. The van der Waals surface area contributed by atoms with Crippen LogP contribution < -0.4 is 5.32 Å². The molecule has 108 valence electrons. The standard InChI is InChI=1S/C15H20N2O2S/c1-11(18)17-9-7-12(8-10-17)15(19)16-13-5-3-4-6-14(13)20-2/h3-6,12H,7-10H2,1-2H3,(H,16,19). The SMILES string of the molecule is CSc1ccccc1NC(=O)C1CCN(C(C)=O)CC1. The quantitative estimate of drug-likeness (QED) is 0.871. The molecule has 4 nitrogen and oxygen atoms in total. The molecule has 2 rings (SSSR count). The molecular weight excluding hydrogens is 272 g/mol. The molecule has 0 spiro atoms. The van der Waals surface area contributed by atoms with Gasteiger partial charge in [-0.15, -0.1) is 11.8 Å². The number of carbonyl (C=O) groups is 2. The smallest absolute Gasteiger partial charge is 0.227 e. The fourth-order valence-electron chi connectivity index (χ4n) is 2.44. The van der Waals surface area contributed by atoms with Gasteiger partial charge >= 0.3 is 0 Å². The number of rotatable bonds is 3. The zero-order chi connectivity index (χ0) is 14.5. The van der Waals surface area contributed by atoms with Gasteiger partial charge in [0, 0.05) is 30.8 Å². The second-order valence-electron chi connectivity index (χ2n) is 4.97. The van der Waals surface area contributed by atoms with Gasteiger partial charge in [0.1, 0.15) is 0 Å². The molecule has 0 aliphatic carbocycles. The maximum atomic E-state index is 12.3. The van der Waals surface area contributed by atoms with E-state index in [1.807, 2.05) is 30.5 Å². The van der Waals surface area contributed by atoms with Crippen LogP contribution in [0.1, 0.15) is 19.8 Å². The van der Waals surface area contributed by atoms with Crippen molar-refractivity contribution in [2.75, 3.05) is 24.7 Å². The number of benzene rings is 1. The predicted octanol–water partition coefficient (Wildman–Crippen LogP) is 2.61. The maximum absolute atomic E-state index is 12.3. The molecule has 2 amide bonds. The molecule has 1 aromatic rings. The number of nitrogens with one attached hydrogen (secondary N) is 1. The highest BCUT2D eigenvalue weighted by Gasteiger charge is 2.26. The van der Waals surface area contributed by atoms with E-state index >= 15 is 0 Å².